The van der Waals surface area contributed by atoms with Crippen LogP contribution in [0.2, 0.25) is 0 Å². The van der Waals surface area contributed by atoms with Crippen LogP contribution in [0.4, 0.5) is 0 Å². The third-order valence-corrected chi connectivity index (χ3v) is 3.66. The zero-order valence-electron chi connectivity index (χ0n) is 12.1. The van der Waals surface area contributed by atoms with Gasteiger partial charge in [-0.25, -0.2) is 0 Å². The summed E-state index contributed by atoms with van der Waals surface area (Å²) >= 11 is 0. The summed E-state index contributed by atoms with van der Waals surface area (Å²) in [5, 5.41) is 2.57. The largest absolute Gasteiger partial charge is 0.468 e. The van der Waals surface area contributed by atoms with Gasteiger partial charge in [0.2, 0.25) is 5.91 Å². The minimum absolute atomic E-state index is 0.114. The lowest BCUT2D eigenvalue weighted by molar-refractivity contribution is -0.141. The number of esters is 1. The van der Waals surface area contributed by atoms with Crippen molar-refractivity contribution in [2.24, 2.45) is 11.7 Å². The molecule has 1 fully saturated rings. The number of nitrogens with one attached hydrogen (secondary N) is 1. The number of hydrogen-bond acceptors (Lipinski definition) is 5. The molecule has 21 heavy (non-hydrogen) atoms. The van der Waals surface area contributed by atoms with Crippen molar-refractivity contribution in [2.45, 2.75) is 12.6 Å². The van der Waals surface area contributed by atoms with E-state index in [-0.39, 0.29) is 24.4 Å². The molecule has 1 heterocycles. The first-order chi connectivity index (χ1) is 10.1. The van der Waals surface area contributed by atoms with Gasteiger partial charge in [0.15, 0.2) is 0 Å². The number of carbonyl (C=O) groups excluding carboxylic acids is 2. The number of likely N-dealkylation sites (tertiary alicyclic amines) is 1. The molecular weight excluding hydrogens is 270 g/mol. The maximum Gasteiger partial charge on any atom is 0.325 e. The number of ether oxygens (including phenoxy) is 1. The van der Waals surface area contributed by atoms with Crippen LogP contribution < -0.4 is 11.1 Å². The topological polar surface area (TPSA) is 84.7 Å². The molecule has 1 aromatic rings. The normalized spacial score (nSPS) is 22.0. The van der Waals surface area contributed by atoms with Crippen molar-refractivity contribution in [3.63, 3.8) is 0 Å². The second-order valence-electron chi connectivity index (χ2n) is 5.24. The van der Waals surface area contributed by atoms with Gasteiger partial charge >= 0.3 is 5.97 Å². The Hall–Kier alpha value is -1.92. The standard InChI is InChI=1S/C15H21N3O3/c1-21-14(19)7-17-15(20)12-9-18(10-13(12)16)8-11-5-3-2-4-6-11/h2-6,12-13H,7-10,16H2,1H3,(H,17,20). The van der Waals surface area contributed by atoms with Crippen LogP contribution >= 0.6 is 0 Å². The van der Waals surface area contributed by atoms with Gasteiger partial charge in [0, 0.05) is 25.7 Å². The van der Waals surface area contributed by atoms with Crippen molar-refractivity contribution in [3.05, 3.63) is 35.9 Å². The summed E-state index contributed by atoms with van der Waals surface area (Å²) in [6, 6.07) is 9.85. The average Bonchev–Trinajstić information content (AvgIpc) is 2.86. The number of benzene rings is 1. The molecule has 2 atom stereocenters. The summed E-state index contributed by atoms with van der Waals surface area (Å²) in [6.07, 6.45) is 0. The third-order valence-electron chi connectivity index (χ3n) is 3.66. The minimum atomic E-state index is -0.462. The molecule has 2 rings (SSSR count). The van der Waals surface area contributed by atoms with Gasteiger partial charge in [-0.1, -0.05) is 30.3 Å². The lowest BCUT2D eigenvalue weighted by Crippen LogP contribution is -2.42. The Morgan fingerprint density at radius 1 is 1.33 bits per heavy atom. The first-order valence-corrected chi connectivity index (χ1v) is 6.96. The van der Waals surface area contributed by atoms with E-state index in [1.165, 1.54) is 12.7 Å². The number of rotatable bonds is 5. The summed E-state index contributed by atoms with van der Waals surface area (Å²) < 4.78 is 4.49. The highest BCUT2D eigenvalue weighted by molar-refractivity contribution is 5.84. The van der Waals surface area contributed by atoms with Gasteiger partial charge in [-0.15, -0.1) is 0 Å². The van der Waals surface area contributed by atoms with Gasteiger partial charge in [0.25, 0.3) is 0 Å². The van der Waals surface area contributed by atoms with Crippen LogP contribution in [0.25, 0.3) is 0 Å². The number of nitrogens with zero attached hydrogens (tertiary/aromatic N) is 1. The van der Waals surface area contributed by atoms with E-state index in [0.29, 0.717) is 13.1 Å². The van der Waals surface area contributed by atoms with Crippen LogP contribution in [0.15, 0.2) is 30.3 Å². The van der Waals surface area contributed by atoms with Crippen LogP contribution in [-0.2, 0) is 20.9 Å². The van der Waals surface area contributed by atoms with Crippen LogP contribution in [-0.4, -0.2) is 49.6 Å². The Morgan fingerprint density at radius 2 is 2.05 bits per heavy atom. The first kappa shape index (κ1) is 15.5. The van der Waals surface area contributed by atoms with Gasteiger partial charge < -0.3 is 15.8 Å². The molecule has 1 aliphatic rings. The summed E-state index contributed by atoms with van der Waals surface area (Å²) in [5.41, 5.74) is 7.24. The zero-order valence-corrected chi connectivity index (χ0v) is 12.1. The molecule has 1 aromatic carbocycles. The van der Waals surface area contributed by atoms with E-state index >= 15 is 0 Å². The molecule has 6 heteroatoms. The molecule has 3 N–H and O–H groups in total. The molecule has 0 spiro atoms. The maximum atomic E-state index is 12.0. The van der Waals surface area contributed by atoms with E-state index in [0.717, 1.165) is 6.54 Å². The molecule has 1 aliphatic heterocycles. The highest BCUT2D eigenvalue weighted by atomic mass is 16.5. The summed E-state index contributed by atoms with van der Waals surface area (Å²) in [6.45, 7) is 1.93. The molecule has 1 saturated heterocycles. The van der Waals surface area contributed by atoms with Crippen LogP contribution in [0, 0.1) is 5.92 Å². The van der Waals surface area contributed by atoms with Crippen LogP contribution in [0.5, 0.6) is 0 Å². The second-order valence-corrected chi connectivity index (χ2v) is 5.24. The molecule has 0 bridgehead atoms. The van der Waals surface area contributed by atoms with Crippen molar-refractivity contribution in [1.29, 1.82) is 0 Å². The van der Waals surface area contributed by atoms with Crippen molar-refractivity contribution in [3.8, 4) is 0 Å². The van der Waals surface area contributed by atoms with E-state index in [2.05, 4.69) is 27.1 Å². The summed E-state index contributed by atoms with van der Waals surface area (Å²) in [4.78, 5) is 25.2. The van der Waals surface area contributed by atoms with E-state index in [1.807, 2.05) is 18.2 Å². The smallest absolute Gasteiger partial charge is 0.325 e. The molecule has 0 saturated carbocycles. The Kier molecular flexibility index (Phi) is 5.30. The highest BCUT2D eigenvalue weighted by Crippen LogP contribution is 2.18. The lowest BCUT2D eigenvalue weighted by atomic mass is 10.0. The Labute approximate surface area is 124 Å². The minimum Gasteiger partial charge on any atom is -0.468 e. The van der Waals surface area contributed by atoms with Gasteiger partial charge in [-0.2, -0.15) is 0 Å². The van der Waals surface area contributed by atoms with E-state index in [4.69, 9.17) is 5.73 Å². The van der Waals surface area contributed by atoms with Crippen LogP contribution in [0.3, 0.4) is 0 Å². The predicted octanol–water partition coefficient (Wildman–Crippen LogP) is -0.265. The van der Waals surface area contributed by atoms with Crippen molar-refractivity contribution in [2.75, 3.05) is 26.7 Å². The summed E-state index contributed by atoms with van der Waals surface area (Å²) in [7, 11) is 1.29. The zero-order chi connectivity index (χ0) is 15.2. The number of hydrogen-bond donors (Lipinski definition) is 2. The Balaban J connectivity index is 1.86. The molecular formula is C15H21N3O3. The van der Waals surface area contributed by atoms with E-state index in [1.54, 1.807) is 0 Å². The average molecular weight is 291 g/mol. The molecule has 0 aliphatic carbocycles. The van der Waals surface area contributed by atoms with Crippen molar-refractivity contribution in [1.82, 2.24) is 10.2 Å². The predicted molar refractivity (Wildman–Crippen MR) is 78.2 cm³/mol. The van der Waals surface area contributed by atoms with Gasteiger partial charge in [-0.3, -0.25) is 14.5 Å². The highest BCUT2D eigenvalue weighted by Gasteiger charge is 2.35. The fourth-order valence-corrected chi connectivity index (χ4v) is 2.52. The molecule has 6 nitrogen and oxygen atoms in total. The molecule has 0 radical (unpaired) electrons. The Bertz CT molecular complexity index is 492. The first-order valence-electron chi connectivity index (χ1n) is 6.96. The second kappa shape index (κ2) is 7.19. The quantitative estimate of drug-likeness (QED) is 0.730. The number of methoxy groups -OCH3 is 1. The number of carbonyl (C=O) groups is 2. The van der Waals surface area contributed by atoms with E-state index in [9.17, 15) is 9.59 Å². The number of nitrogens with two attached hydrogens (primary N) is 1. The third kappa shape index (κ3) is 4.27. The van der Waals surface area contributed by atoms with Crippen molar-refractivity contribution < 1.29 is 14.3 Å². The SMILES string of the molecule is COC(=O)CNC(=O)C1CN(Cc2ccccc2)CC1N. The lowest BCUT2D eigenvalue weighted by Gasteiger charge is -2.15. The van der Waals surface area contributed by atoms with Gasteiger partial charge in [-0.05, 0) is 5.56 Å². The summed E-state index contributed by atoms with van der Waals surface area (Å²) in [5.74, 6) is -0.946. The van der Waals surface area contributed by atoms with Gasteiger partial charge in [0.05, 0.1) is 13.0 Å². The van der Waals surface area contributed by atoms with Crippen LogP contribution in [0.1, 0.15) is 5.56 Å². The fraction of sp³-hybridized carbons (Fsp3) is 0.467. The molecule has 2 unspecified atom stereocenters. The van der Waals surface area contributed by atoms with Gasteiger partial charge in [0.1, 0.15) is 6.54 Å². The molecule has 0 aromatic heterocycles. The monoisotopic (exact) mass is 291 g/mol. The molecule has 1 amide bonds. The van der Waals surface area contributed by atoms with E-state index < -0.39 is 5.97 Å². The maximum absolute atomic E-state index is 12.0. The molecule has 114 valence electrons. The fourth-order valence-electron chi connectivity index (χ4n) is 2.52. The van der Waals surface area contributed by atoms with Crippen molar-refractivity contribution >= 4 is 11.9 Å². The number of amides is 1. The Morgan fingerprint density at radius 3 is 2.71 bits per heavy atom.